The van der Waals surface area contributed by atoms with Gasteiger partial charge in [0.15, 0.2) is 0 Å². The minimum absolute atomic E-state index is 0.135. The monoisotopic (exact) mass is 296 g/mol. The molecule has 0 N–H and O–H groups in total. The Kier molecular flexibility index (Phi) is 3.42. The normalized spacial score (nSPS) is 14.5. The largest absolute Gasteiger partial charge is 0.274 e. The predicted molar refractivity (Wildman–Crippen MR) is 80.3 cm³/mol. The third-order valence-corrected chi connectivity index (χ3v) is 3.57. The summed E-state index contributed by atoms with van der Waals surface area (Å²) in [5.41, 5.74) is 1.53. The summed E-state index contributed by atoms with van der Waals surface area (Å²) in [4.78, 5) is 35.5. The lowest BCUT2D eigenvalue weighted by Crippen LogP contribution is -2.29. The first-order valence-electron chi connectivity index (χ1n) is 6.77. The number of non-ortho nitro benzene ring substituents is 1. The average Bonchev–Trinajstić information content (AvgIpc) is 2.86. The number of carbonyl (C=O) groups excluding carboxylic acids is 2. The fourth-order valence-corrected chi connectivity index (χ4v) is 2.53. The molecule has 0 aliphatic carbocycles. The molecule has 1 fully saturated rings. The molecular formula is C16H12N2O4. The van der Waals surface area contributed by atoms with Crippen LogP contribution in [0.2, 0.25) is 0 Å². The SMILES string of the molecule is O=C1CCC(=O)N1c1cc([N+](=O)[O-])ccc1-c1ccccc1. The Morgan fingerprint density at radius 3 is 2.18 bits per heavy atom. The molecule has 22 heavy (non-hydrogen) atoms. The number of rotatable bonds is 3. The minimum atomic E-state index is -0.538. The maximum Gasteiger partial charge on any atom is 0.271 e. The molecule has 1 saturated heterocycles. The van der Waals surface area contributed by atoms with Crippen LogP contribution < -0.4 is 4.90 Å². The van der Waals surface area contributed by atoms with E-state index in [9.17, 15) is 19.7 Å². The number of hydrogen-bond acceptors (Lipinski definition) is 4. The van der Waals surface area contributed by atoms with Crippen molar-refractivity contribution >= 4 is 23.2 Å². The van der Waals surface area contributed by atoms with Crippen molar-refractivity contribution in [1.82, 2.24) is 0 Å². The van der Waals surface area contributed by atoms with Crippen molar-refractivity contribution in [3.63, 3.8) is 0 Å². The van der Waals surface area contributed by atoms with Gasteiger partial charge in [-0.15, -0.1) is 0 Å². The molecule has 3 rings (SSSR count). The summed E-state index contributed by atoms with van der Waals surface area (Å²) in [5.74, 6) is -0.662. The zero-order chi connectivity index (χ0) is 15.7. The molecule has 6 heteroatoms. The standard InChI is InChI=1S/C16H12N2O4/c19-15-8-9-16(20)17(15)14-10-12(18(21)22)6-7-13(14)11-4-2-1-3-5-11/h1-7,10H,8-9H2. The van der Waals surface area contributed by atoms with Gasteiger partial charge in [-0.1, -0.05) is 30.3 Å². The molecule has 0 aromatic heterocycles. The van der Waals surface area contributed by atoms with E-state index < -0.39 is 4.92 Å². The molecule has 1 aliphatic heterocycles. The Bertz CT molecular complexity index is 755. The molecule has 1 heterocycles. The lowest BCUT2D eigenvalue weighted by atomic mass is 10.0. The topological polar surface area (TPSA) is 80.5 Å². The van der Waals surface area contributed by atoms with Crippen molar-refractivity contribution < 1.29 is 14.5 Å². The first-order chi connectivity index (χ1) is 10.6. The summed E-state index contributed by atoms with van der Waals surface area (Å²) in [6.45, 7) is 0. The summed E-state index contributed by atoms with van der Waals surface area (Å²) in [6.07, 6.45) is 0.269. The van der Waals surface area contributed by atoms with Gasteiger partial charge in [0, 0.05) is 30.5 Å². The lowest BCUT2D eigenvalue weighted by molar-refractivity contribution is -0.384. The van der Waals surface area contributed by atoms with Crippen LogP contribution >= 0.6 is 0 Å². The van der Waals surface area contributed by atoms with E-state index in [1.54, 1.807) is 6.07 Å². The van der Waals surface area contributed by atoms with Crippen LogP contribution in [0.1, 0.15) is 12.8 Å². The van der Waals surface area contributed by atoms with Crippen LogP contribution in [-0.2, 0) is 9.59 Å². The van der Waals surface area contributed by atoms with Crippen molar-refractivity contribution in [1.29, 1.82) is 0 Å². The van der Waals surface area contributed by atoms with Gasteiger partial charge in [0.25, 0.3) is 5.69 Å². The first-order valence-corrected chi connectivity index (χ1v) is 6.77. The lowest BCUT2D eigenvalue weighted by Gasteiger charge is -2.18. The Hall–Kier alpha value is -3.02. The van der Waals surface area contributed by atoms with E-state index in [1.165, 1.54) is 12.1 Å². The number of anilines is 1. The van der Waals surface area contributed by atoms with Gasteiger partial charge in [-0.25, -0.2) is 4.90 Å². The molecule has 0 atom stereocenters. The van der Waals surface area contributed by atoms with E-state index >= 15 is 0 Å². The van der Waals surface area contributed by atoms with E-state index in [-0.39, 0.29) is 36.0 Å². The molecule has 1 aliphatic rings. The summed E-state index contributed by atoms with van der Waals surface area (Å²) < 4.78 is 0. The van der Waals surface area contributed by atoms with E-state index in [4.69, 9.17) is 0 Å². The highest BCUT2D eigenvalue weighted by Crippen LogP contribution is 2.36. The van der Waals surface area contributed by atoms with Crippen molar-refractivity contribution in [2.75, 3.05) is 4.90 Å². The van der Waals surface area contributed by atoms with Crippen LogP contribution in [0.4, 0.5) is 11.4 Å². The highest BCUT2D eigenvalue weighted by molar-refractivity contribution is 6.21. The van der Waals surface area contributed by atoms with Gasteiger partial charge < -0.3 is 0 Å². The number of nitrogens with zero attached hydrogens (tertiary/aromatic N) is 2. The van der Waals surface area contributed by atoms with Crippen molar-refractivity contribution in [3.8, 4) is 11.1 Å². The van der Waals surface area contributed by atoms with E-state index in [0.29, 0.717) is 5.56 Å². The molecular weight excluding hydrogens is 284 g/mol. The third kappa shape index (κ3) is 2.35. The Morgan fingerprint density at radius 1 is 0.955 bits per heavy atom. The zero-order valence-corrected chi connectivity index (χ0v) is 11.6. The van der Waals surface area contributed by atoms with Crippen LogP contribution in [0.15, 0.2) is 48.5 Å². The van der Waals surface area contributed by atoms with Crippen LogP contribution in [0, 0.1) is 10.1 Å². The highest BCUT2D eigenvalue weighted by atomic mass is 16.6. The first kappa shape index (κ1) is 13.9. The van der Waals surface area contributed by atoms with Gasteiger partial charge in [0.1, 0.15) is 0 Å². The molecule has 0 spiro atoms. The maximum atomic E-state index is 12.0. The Balaban J connectivity index is 2.20. The van der Waals surface area contributed by atoms with Crippen LogP contribution in [0.3, 0.4) is 0 Å². The smallest absolute Gasteiger partial charge is 0.271 e. The predicted octanol–water partition coefficient (Wildman–Crippen LogP) is 2.92. The number of nitro benzene ring substituents is 1. The highest BCUT2D eigenvalue weighted by Gasteiger charge is 2.33. The van der Waals surface area contributed by atoms with Crippen LogP contribution in [0.5, 0.6) is 0 Å². The summed E-state index contributed by atoms with van der Waals surface area (Å²) in [7, 11) is 0. The minimum Gasteiger partial charge on any atom is -0.274 e. The molecule has 110 valence electrons. The van der Waals surface area contributed by atoms with Gasteiger partial charge in [-0.3, -0.25) is 19.7 Å². The van der Waals surface area contributed by atoms with Gasteiger partial charge in [0.05, 0.1) is 10.6 Å². The van der Waals surface area contributed by atoms with E-state index in [1.807, 2.05) is 30.3 Å². The molecule has 2 aromatic rings. The molecule has 0 unspecified atom stereocenters. The molecule has 0 saturated carbocycles. The number of imide groups is 1. The number of carbonyl (C=O) groups is 2. The van der Waals surface area contributed by atoms with E-state index in [2.05, 4.69) is 0 Å². The Labute approximate surface area is 126 Å². The molecule has 2 amide bonds. The zero-order valence-electron chi connectivity index (χ0n) is 11.6. The van der Waals surface area contributed by atoms with Gasteiger partial charge >= 0.3 is 0 Å². The van der Waals surface area contributed by atoms with Crippen LogP contribution in [0.25, 0.3) is 11.1 Å². The molecule has 0 radical (unpaired) electrons. The number of nitro groups is 1. The second kappa shape index (κ2) is 5.40. The number of amides is 2. The quantitative estimate of drug-likeness (QED) is 0.495. The summed E-state index contributed by atoms with van der Waals surface area (Å²) in [6, 6.07) is 13.4. The van der Waals surface area contributed by atoms with Gasteiger partial charge in [-0.05, 0) is 11.6 Å². The maximum absolute atomic E-state index is 12.0. The Morgan fingerprint density at radius 2 is 1.59 bits per heavy atom. The third-order valence-electron chi connectivity index (χ3n) is 3.57. The van der Waals surface area contributed by atoms with Crippen molar-refractivity contribution in [3.05, 3.63) is 58.6 Å². The average molecular weight is 296 g/mol. The molecule has 2 aromatic carbocycles. The summed E-state index contributed by atoms with van der Waals surface area (Å²) in [5, 5.41) is 11.0. The molecule has 6 nitrogen and oxygen atoms in total. The van der Waals surface area contributed by atoms with Gasteiger partial charge in [0.2, 0.25) is 11.8 Å². The van der Waals surface area contributed by atoms with Crippen LogP contribution in [-0.4, -0.2) is 16.7 Å². The second-order valence-corrected chi connectivity index (χ2v) is 4.95. The van der Waals surface area contributed by atoms with Crippen molar-refractivity contribution in [2.45, 2.75) is 12.8 Å². The number of benzene rings is 2. The van der Waals surface area contributed by atoms with E-state index in [0.717, 1.165) is 10.5 Å². The fourth-order valence-electron chi connectivity index (χ4n) is 2.53. The van der Waals surface area contributed by atoms with Gasteiger partial charge in [-0.2, -0.15) is 0 Å². The second-order valence-electron chi connectivity index (χ2n) is 4.95. The molecule has 0 bridgehead atoms. The number of hydrogen-bond donors (Lipinski definition) is 0. The fraction of sp³-hybridized carbons (Fsp3) is 0.125. The van der Waals surface area contributed by atoms with Crippen molar-refractivity contribution in [2.24, 2.45) is 0 Å². The summed E-state index contributed by atoms with van der Waals surface area (Å²) >= 11 is 0.